The lowest BCUT2D eigenvalue weighted by molar-refractivity contribution is 0.539. The van der Waals surface area contributed by atoms with Gasteiger partial charge in [0, 0.05) is 30.7 Å². The molecule has 0 saturated carbocycles. The van der Waals surface area contributed by atoms with E-state index in [1.165, 1.54) is 11.8 Å². The Bertz CT molecular complexity index is 553. The third-order valence-corrected chi connectivity index (χ3v) is 3.96. The molecule has 1 unspecified atom stereocenters. The Balaban J connectivity index is 2.02. The Hall–Kier alpha value is -1.33. The summed E-state index contributed by atoms with van der Waals surface area (Å²) < 4.78 is 15.6. The molecule has 0 aliphatic rings. The van der Waals surface area contributed by atoms with Gasteiger partial charge in [0.1, 0.15) is 5.82 Å². The Kier molecular flexibility index (Phi) is 4.61. The van der Waals surface area contributed by atoms with Crippen LogP contribution in [0.5, 0.6) is 0 Å². The van der Waals surface area contributed by atoms with E-state index in [2.05, 4.69) is 10.4 Å². The second-order valence-corrected chi connectivity index (χ2v) is 5.29. The monoisotopic (exact) mass is 279 g/mol. The molecule has 3 nitrogen and oxygen atoms in total. The molecule has 0 amide bonds. The highest BCUT2D eigenvalue weighted by atomic mass is 32.2. The van der Waals surface area contributed by atoms with Crippen molar-refractivity contribution >= 4 is 11.8 Å². The summed E-state index contributed by atoms with van der Waals surface area (Å²) in [6.07, 6.45) is 3.65. The number of aromatic nitrogens is 2. The number of hydrogen-bond donors (Lipinski definition) is 1. The van der Waals surface area contributed by atoms with Gasteiger partial charge in [0.05, 0.1) is 5.69 Å². The lowest BCUT2D eigenvalue weighted by atomic mass is 10.1. The van der Waals surface area contributed by atoms with E-state index in [4.69, 9.17) is 0 Å². The Labute approximate surface area is 117 Å². The summed E-state index contributed by atoms with van der Waals surface area (Å²) in [5.41, 5.74) is 2.06. The minimum Gasteiger partial charge on any atom is -0.305 e. The van der Waals surface area contributed by atoms with Crippen molar-refractivity contribution < 1.29 is 4.39 Å². The summed E-state index contributed by atoms with van der Waals surface area (Å²) >= 11 is 1.42. The van der Waals surface area contributed by atoms with Crippen LogP contribution in [0.25, 0.3) is 0 Å². The first-order valence-corrected chi connectivity index (χ1v) is 7.38. The SMILES string of the molecule is CSc1ccc(C(C)NCc2ccnn2C)cc1F. The summed E-state index contributed by atoms with van der Waals surface area (Å²) in [4.78, 5) is 0.683. The number of benzene rings is 1. The molecular formula is C14H18FN3S. The molecule has 0 bridgehead atoms. The lowest BCUT2D eigenvalue weighted by Crippen LogP contribution is -2.20. The molecule has 1 aromatic carbocycles. The molecule has 1 aromatic heterocycles. The van der Waals surface area contributed by atoms with E-state index in [1.54, 1.807) is 12.3 Å². The van der Waals surface area contributed by atoms with Crippen LogP contribution in [0.3, 0.4) is 0 Å². The summed E-state index contributed by atoms with van der Waals surface area (Å²) in [6.45, 7) is 2.74. The van der Waals surface area contributed by atoms with Crippen LogP contribution in [0.4, 0.5) is 4.39 Å². The van der Waals surface area contributed by atoms with Crippen molar-refractivity contribution in [1.29, 1.82) is 0 Å². The second kappa shape index (κ2) is 6.21. The van der Waals surface area contributed by atoms with Crippen molar-refractivity contribution in [1.82, 2.24) is 15.1 Å². The smallest absolute Gasteiger partial charge is 0.137 e. The van der Waals surface area contributed by atoms with Gasteiger partial charge in [0.25, 0.3) is 0 Å². The standard InChI is InChI=1S/C14H18FN3S/c1-10(16-9-12-6-7-17-18(12)2)11-4-5-14(19-3)13(15)8-11/h4-8,10,16H,9H2,1-3H3. The normalized spacial score (nSPS) is 12.6. The van der Waals surface area contributed by atoms with Gasteiger partial charge in [-0.1, -0.05) is 6.07 Å². The fourth-order valence-corrected chi connectivity index (χ4v) is 2.36. The molecular weight excluding hydrogens is 261 g/mol. The van der Waals surface area contributed by atoms with Crippen LogP contribution in [-0.2, 0) is 13.6 Å². The fraction of sp³-hybridized carbons (Fsp3) is 0.357. The zero-order chi connectivity index (χ0) is 13.8. The van der Waals surface area contributed by atoms with E-state index >= 15 is 0 Å². The van der Waals surface area contributed by atoms with Crippen LogP contribution in [0.1, 0.15) is 24.2 Å². The summed E-state index contributed by atoms with van der Waals surface area (Å²) in [5, 5.41) is 7.49. The molecule has 1 N–H and O–H groups in total. The van der Waals surface area contributed by atoms with E-state index < -0.39 is 0 Å². The molecule has 0 saturated heterocycles. The molecule has 5 heteroatoms. The van der Waals surface area contributed by atoms with Crippen molar-refractivity contribution in [3.8, 4) is 0 Å². The average molecular weight is 279 g/mol. The molecule has 2 rings (SSSR count). The van der Waals surface area contributed by atoms with Crippen LogP contribution in [-0.4, -0.2) is 16.0 Å². The van der Waals surface area contributed by atoms with Gasteiger partial charge >= 0.3 is 0 Å². The third-order valence-electron chi connectivity index (χ3n) is 3.19. The Morgan fingerprint density at radius 1 is 1.42 bits per heavy atom. The van der Waals surface area contributed by atoms with Crippen LogP contribution >= 0.6 is 11.8 Å². The second-order valence-electron chi connectivity index (χ2n) is 4.44. The number of halogens is 1. The first-order chi connectivity index (χ1) is 9.11. The van der Waals surface area contributed by atoms with E-state index in [9.17, 15) is 4.39 Å². The largest absolute Gasteiger partial charge is 0.305 e. The first-order valence-electron chi connectivity index (χ1n) is 6.15. The molecule has 1 atom stereocenters. The summed E-state index contributed by atoms with van der Waals surface area (Å²) in [7, 11) is 1.91. The van der Waals surface area contributed by atoms with Gasteiger partial charge in [0.15, 0.2) is 0 Å². The van der Waals surface area contributed by atoms with Crippen LogP contribution in [0, 0.1) is 5.82 Å². The van der Waals surface area contributed by atoms with Gasteiger partial charge in [-0.25, -0.2) is 4.39 Å². The van der Waals surface area contributed by atoms with Crippen LogP contribution in [0.15, 0.2) is 35.4 Å². The van der Waals surface area contributed by atoms with Crippen LogP contribution < -0.4 is 5.32 Å². The zero-order valence-corrected chi connectivity index (χ0v) is 12.2. The minimum atomic E-state index is -0.154. The maximum atomic E-state index is 13.7. The number of hydrogen-bond acceptors (Lipinski definition) is 3. The highest BCUT2D eigenvalue weighted by Crippen LogP contribution is 2.23. The third kappa shape index (κ3) is 3.36. The van der Waals surface area contributed by atoms with Crippen LogP contribution in [0.2, 0.25) is 0 Å². The van der Waals surface area contributed by atoms with Crippen molar-refractivity contribution in [2.75, 3.05) is 6.26 Å². The Morgan fingerprint density at radius 3 is 2.79 bits per heavy atom. The summed E-state index contributed by atoms with van der Waals surface area (Å²) in [6, 6.07) is 7.47. The van der Waals surface area contributed by atoms with E-state index in [0.29, 0.717) is 11.4 Å². The molecule has 2 aromatic rings. The molecule has 0 fully saturated rings. The lowest BCUT2D eigenvalue weighted by Gasteiger charge is -2.15. The zero-order valence-electron chi connectivity index (χ0n) is 11.4. The number of nitrogens with zero attached hydrogens (tertiary/aromatic N) is 2. The number of nitrogens with one attached hydrogen (secondary N) is 1. The maximum absolute atomic E-state index is 13.7. The molecule has 19 heavy (non-hydrogen) atoms. The molecule has 0 spiro atoms. The number of rotatable bonds is 5. The highest BCUT2D eigenvalue weighted by molar-refractivity contribution is 7.98. The van der Waals surface area contributed by atoms with Crippen molar-refractivity contribution in [2.24, 2.45) is 7.05 Å². The van der Waals surface area contributed by atoms with E-state index in [1.807, 2.05) is 43.1 Å². The first kappa shape index (κ1) is 14.1. The fourth-order valence-electron chi connectivity index (χ4n) is 1.90. The average Bonchev–Trinajstić information content (AvgIpc) is 2.81. The molecule has 1 heterocycles. The van der Waals surface area contributed by atoms with Gasteiger partial charge in [-0.15, -0.1) is 11.8 Å². The predicted molar refractivity (Wildman–Crippen MR) is 76.6 cm³/mol. The van der Waals surface area contributed by atoms with E-state index in [-0.39, 0.29) is 11.9 Å². The summed E-state index contributed by atoms with van der Waals surface area (Å²) in [5.74, 6) is -0.154. The topological polar surface area (TPSA) is 29.9 Å². The van der Waals surface area contributed by atoms with Gasteiger partial charge in [-0.2, -0.15) is 5.10 Å². The maximum Gasteiger partial charge on any atom is 0.137 e. The van der Waals surface area contributed by atoms with Gasteiger partial charge in [-0.3, -0.25) is 4.68 Å². The quantitative estimate of drug-likeness (QED) is 0.853. The molecule has 102 valence electrons. The van der Waals surface area contributed by atoms with Gasteiger partial charge in [-0.05, 0) is 36.9 Å². The highest BCUT2D eigenvalue weighted by Gasteiger charge is 2.09. The molecule has 0 aliphatic heterocycles. The van der Waals surface area contributed by atoms with Crippen molar-refractivity contribution in [2.45, 2.75) is 24.4 Å². The van der Waals surface area contributed by atoms with Crippen molar-refractivity contribution in [3.05, 3.63) is 47.5 Å². The molecule has 0 radical (unpaired) electrons. The van der Waals surface area contributed by atoms with Gasteiger partial charge < -0.3 is 5.32 Å². The van der Waals surface area contributed by atoms with E-state index in [0.717, 1.165) is 11.3 Å². The number of thioether (sulfide) groups is 1. The molecule has 0 aliphatic carbocycles. The van der Waals surface area contributed by atoms with Crippen molar-refractivity contribution in [3.63, 3.8) is 0 Å². The van der Waals surface area contributed by atoms with Gasteiger partial charge in [0.2, 0.25) is 0 Å². The minimum absolute atomic E-state index is 0.0975. The number of aryl methyl sites for hydroxylation is 1. The Morgan fingerprint density at radius 2 is 2.21 bits per heavy atom. The predicted octanol–water partition coefficient (Wildman–Crippen LogP) is 3.13.